The minimum Gasteiger partial charge on any atom is -0.507 e. The zero-order chi connectivity index (χ0) is 17.0. The predicted molar refractivity (Wildman–Crippen MR) is 82.2 cm³/mol. The third kappa shape index (κ3) is 4.04. The average Bonchev–Trinajstić information content (AvgIpc) is 3.02. The van der Waals surface area contributed by atoms with Crippen molar-refractivity contribution in [3.63, 3.8) is 0 Å². The summed E-state index contributed by atoms with van der Waals surface area (Å²) >= 11 is 0. The van der Waals surface area contributed by atoms with Crippen LogP contribution in [0.4, 0.5) is 13.2 Å². The molecule has 1 unspecified atom stereocenters. The van der Waals surface area contributed by atoms with Gasteiger partial charge in [0.2, 0.25) is 5.90 Å². The van der Waals surface area contributed by atoms with E-state index in [0.29, 0.717) is 11.6 Å². The van der Waals surface area contributed by atoms with Gasteiger partial charge in [0.25, 0.3) is 0 Å². The number of rotatable bonds is 3. The van der Waals surface area contributed by atoms with Crippen LogP contribution in [0.5, 0.6) is 5.75 Å². The summed E-state index contributed by atoms with van der Waals surface area (Å²) in [5, 5.41) is 12.6. The van der Waals surface area contributed by atoms with Crippen LogP contribution in [0.15, 0.2) is 29.3 Å². The van der Waals surface area contributed by atoms with Gasteiger partial charge >= 0.3 is 6.18 Å². The number of hydrogen-bond donors (Lipinski definition) is 2. The van der Waals surface area contributed by atoms with Crippen LogP contribution in [0, 0.1) is 0 Å². The molecule has 1 aromatic rings. The Labute approximate surface area is 132 Å². The maximum atomic E-state index is 12.9. The van der Waals surface area contributed by atoms with E-state index in [1.165, 1.54) is 13.2 Å². The summed E-state index contributed by atoms with van der Waals surface area (Å²) in [5.74, 6) is -0.359. The number of ether oxygens (including phenoxy) is 1. The SMILES string of the molecule is C/C=C(\N=C(/OC)C1CCCN1)c1ccc(O)c(C(F)(F)F)c1. The highest BCUT2D eigenvalue weighted by molar-refractivity contribution is 5.88. The lowest BCUT2D eigenvalue weighted by atomic mass is 10.1. The Morgan fingerprint density at radius 3 is 2.70 bits per heavy atom. The summed E-state index contributed by atoms with van der Waals surface area (Å²) in [6, 6.07) is 3.29. The number of phenolic OH excluding ortho intramolecular Hbond substituents is 1. The first-order valence-electron chi connectivity index (χ1n) is 7.29. The summed E-state index contributed by atoms with van der Waals surface area (Å²) in [6.07, 6.45) is -1.15. The molecule has 2 rings (SSSR count). The van der Waals surface area contributed by atoms with Gasteiger partial charge in [-0.05, 0) is 44.5 Å². The lowest BCUT2D eigenvalue weighted by molar-refractivity contribution is -0.138. The van der Waals surface area contributed by atoms with Gasteiger partial charge in [-0.3, -0.25) is 0 Å². The van der Waals surface area contributed by atoms with Crippen LogP contribution < -0.4 is 5.32 Å². The van der Waals surface area contributed by atoms with Crippen LogP contribution in [0.3, 0.4) is 0 Å². The van der Waals surface area contributed by atoms with Gasteiger partial charge in [0, 0.05) is 5.56 Å². The second-order valence-electron chi connectivity index (χ2n) is 5.21. The molecule has 1 aliphatic heterocycles. The van der Waals surface area contributed by atoms with Crippen molar-refractivity contribution in [2.45, 2.75) is 32.0 Å². The fourth-order valence-electron chi connectivity index (χ4n) is 2.50. The molecular weight excluding hydrogens is 309 g/mol. The number of allylic oxidation sites excluding steroid dienone is 1. The number of halogens is 3. The van der Waals surface area contributed by atoms with Crippen LogP contribution in [-0.2, 0) is 10.9 Å². The van der Waals surface area contributed by atoms with Crippen molar-refractivity contribution >= 4 is 11.6 Å². The highest BCUT2D eigenvalue weighted by Crippen LogP contribution is 2.37. The van der Waals surface area contributed by atoms with Gasteiger partial charge < -0.3 is 15.2 Å². The van der Waals surface area contributed by atoms with Crippen LogP contribution in [0.1, 0.15) is 30.9 Å². The van der Waals surface area contributed by atoms with Gasteiger partial charge in [-0.2, -0.15) is 13.2 Å². The normalized spacial score (nSPS) is 20.0. The molecule has 1 aliphatic rings. The summed E-state index contributed by atoms with van der Waals surface area (Å²) in [5.41, 5.74) is -0.450. The molecule has 0 saturated carbocycles. The average molecular weight is 328 g/mol. The number of nitrogens with zero attached hydrogens (tertiary/aromatic N) is 1. The first kappa shape index (κ1) is 17.3. The van der Waals surface area contributed by atoms with E-state index in [-0.39, 0.29) is 11.6 Å². The summed E-state index contributed by atoms with van der Waals surface area (Å²) in [4.78, 5) is 4.36. The van der Waals surface area contributed by atoms with E-state index in [1.807, 2.05) is 0 Å². The van der Waals surface area contributed by atoms with Crippen molar-refractivity contribution in [3.05, 3.63) is 35.4 Å². The Balaban J connectivity index is 2.38. The number of methoxy groups -OCH3 is 1. The van der Waals surface area contributed by atoms with E-state index in [0.717, 1.165) is 31.5 Å². The third-order valence-electron chi connectivity index (χ3n) is 3.67. The zero-order valence-electron chi connectivity index (χ0n) is 12.9. The van der Waals surface area contributed by atoms with Gasteiger partial charge in [-0.15, -0.1) is 0 Å². The molecule has 0 spiro atoms. The highest BCUT2D eigenvalue weighted by Gasteiger charge is 2.34. The monoisotopic (exact) mass is 328 g/mol. The molecular formula is C16H19F3N2O2. The molecule has 1 saturated heterocycles. The van der Waals surface area contributed by atoms with Crippen LogP contribution in [0.2, 0.25) is 0 Å². The Morgan fingerprint density at radius 1 is 1.43 bits per heavy atom. The molecule has 0 amide bonds. The molecule has 0 bridgehead atoms. The van der Waals surface area contributed by atoms with E-state index >= 15 is 0 Å². The maximum absolute atomic E-state index is 12.9. The zero-order valence-corrected chi connectivity index (χ0v) is 12.9. The smallest absolute Gasteiger partial charge is 0.419 e. The second kappa shape index (κ2) is 7.04. The number of aliphatic imine (C=N–C) groups is 1. The van der Waals surface area contributed by atoms with Crippen LogP contribution in [0.25, 0.3) is 5.70 Å². The number of phenols is 1. The lowest BCUT2D eigenvalue weighted by Crippen LogP contribution is -2.32. The first-order valence-corrected chi connectivity index (χ1v) is 7.29. The number of aromatic hydroxyl groups is 1. The largest absolute Gasteiger partial charge is 0.507 e. The van der Waals surface area contributed by atoms with Crippen molar-refractivity contribution in [3.8, 4) is 5.75 Å². The maximum Gasteiger partial charge on any atom is 0.419 e. The van der Waals surface area contributed by atoms with Crippen molar-refractivity contribution in [2.75, 3.05) is 13.7 Å². The quantitative estimate of drug-likeness (QED) is 0.659. The molecule has 7 heteroatoms. The molecule has 126 valence electrons. The van der Waals surface area contributed by atoms with Gasteiger partial charge in [-0.1, -0.05) is 6.08 Å². The Hall–Kier alpha value is -2.02. The third-order valence-corrected chi connectivity index (χ3v) is 3.67. The number of nitrogens with one attached hydrogen (secondary N) is 1. The van der Waals surface area contributed by atoms with E-state index in [2.05, 4.69) is 10.3 Å². The van der Waals surface area contributed by atoms with Crippen molar-refractivity contribution < 1.29 is 23.0 Å². The fraction of sp³-hybridized carbons (Fsp3) is 0.438. The molecule has 1 aromatic carbocycles. The van der Waals surface area contributed by atoms with Gasteiger partial charge in [0.15, 0.2) is 0 Å². The van der Waals surface area contributed by atoms with E-state index in [1.54, 1.807) is 13.0 Å². The summed E-state index contributed by atoms with van der Waals surface area (Å²) in [6.45, 7) is 2.55. The van der Waals surface area contributed by atoms with Gasteiger partial charge in [-0.25, -0.2) is 4.99 Å². The Kier molecular flexibility index (Phi) is 5.30. The van der Waals surface area contributed by atoms with E-state index < -0.39 is 17.5 Å². The molecule has 1 atom stereocenters. The molecule has 4 nitrogen and oxygen atoms in total. The molecule has 0 aliphatic carbocycles. The topological polar surface area (TPSA) is 53.8 Å². The fourth-order valence-corrected chi connectivity index (χ4v) is 2.50. The van der Waals surface area contributed by atoms with Crippen molar-refractivity contribution in [1.82, 2.24) is 5.32 Å². The van der Waals surface area contributed by atoms with Crippen molar-refractivity contribution in [1.29, 1.82) is 0 Å². The number of alkyl halides is 3. The summed E-state index contributed by atoms with van der Waals surface area (Å²) in [7, 11) is 1.49. The van der Waals surface area contributed by atoms with Crippen molar-refractivity contribution in [2.24, 2.45) is 4.99 Å². The molecule has 2 N–H and O–H groups in total. The lowest BCUT2D eigenvalue weighted by Gasteiger charge is -2.15. The van der Waals surface area contributed by atoms with Crippen LogP contribution in [-0.4, -0.2) is 30.7 Å². The minimum atomic E-state index is -4.63. The summed E-state index contributed by atoms with van der Waals surface area (Å²) < 4.78 is 44.0. The predicted octanol–water partition coefficient (Wildman–Crippen LogP) is 3.57. The molecule has 1 heterocycles. The standard InChI is InChI=1S/C16H19F3N2O2/c1-3-12(21-15(23-2)13-5-4-8-20-13)10-6-7-14(22)11(9-10)16(17,18)19/h3,6-7,9,13,20,22H,4-5,8H2,1-2H3/b12-3-,21-15-. The highest BCUT2D eigenvalue weighted by atomic mass is 19.4. The Bertz CT molecular complexity index is 618. The van der Waals surface area contributed by atoms with Crippen LogP contribution >= 0.6 is 0 Å². The van der Waals surface area contributed by atoms with Gasteiger partial charge in [0.1, 0.15) is 5.75 Å². The molecule has 0 aromatic heterocycles. The van der Waals surface area contributed by atoms with E-state index in [4.69, 9.17) is 4.74 Å². The number of benzene rings is 1. The number of hydrogen-bond acceptors (Lipinski definition) is 4. The first-order chi connectivity index (χ1) is 10.9. The second-order valence-corrected chi connectivity index (χ2v) is 5.21. The molecule has 1 fully saturated rings. The minimum absolute atomic E-state index is 0.0332. The molecule has 23 heavy (non-hydrogen) atoms. The Morgan fingerprint density at radius 2 is 2.17 bits per heavy atom. The van der Waals surface area contributed by atoms with E-state index in [9.17, 15) is 18.3 Å². The molecule has 0 radical (unpaired) electrons. The van der Waals surface area contributed by atoms with Gasteiger partial charge in [0.05, 0.1) is 24.4 Å².